The lowest BCUT2D eigenvalue weighted by Gasteiger charge is -2.06. The Morgan fingerprint density at radius 3 is 2.90 bits per heavy atom. The van der Waals surface area contributed by atoms with Crippen LogP contribution in [-0.4, -0.2) is 21.9 Å². The van der Waals surface area contributed by atoms with Gasteiger partial charge >= 0.3 is 0 Å². The molecule has 0 aliphatic rings. The number of hydrogen-bond acceptors (Lipinski definition) is 4. The van der Waals surface area contributed by atoms with E-state index in [0.29, 0.717) is 28.6 Å². The number of aliphatic hydroxyl groups excluding tert-OH is 1. The van der Waals surface area contributed by atoms with Gasteiger partial charge in [-0.2, -0.15) is 10.4 Å². The summed E-state index contributed by atoms with van der Waals surface area (Å²) in [5.41, 5.74) is 2.13. The fraction of sp³-hybridized carbons (Fsp3) is 0.286. The van der Waals surface area contributed by atoms with E-state index in [1.165, 1.54) is 0 Å². The van der Waals surface area contributed by atoms with Crippen molar-refractivity contribution in [1.29, 1.82) is 5.26 Å². The van der Waals surface area contributed by atoms with Gasteiger partial charge in [0.25, 0.3) is 0 Å². The van der Waals surface area contributed by atoms with Crippen molar-refractivity contribution in [3.05, 3.63) is 40.0 Å². The molecule has 1 aromatic carbocycles. The molecule has 104 valence electrons. The third-order valence-corrected chi connectivity index (χ3v) is 3.06. The topological polar surface area (TPSA) is 81.9 Å². The van der Waals surface area contributed by atoms with Gasteiger partial charge < -0.3 is 9.84 Å². The number of ether oxygens (including phenoxy) is 1. The Balaban J connectivity index is 2.30. The van der Waals surface area contributed by atoms with E-state index in [1.807, 2.05) is 13.0 Å². The molecule has 0 saturated heterocycles. The molecule has 6 heteroatoms. The zero-order chi connectivity index (χ0) is 14.5. The molecule has 2 N–H and O–H groups in total. The second-order valence-corrected chi connectivity index (χ2v) is 4.63. The van der Waals surface area contributed by atoms with Gasteiger partial charge in [-0.3, -0.25) is 0 Å². The maximum atomic E-state index is 9.00. The Labute approximate surface area is 121 Å². The van der Waals surface area contributed by atoms with Gasteiger partial charge in [0, 0.05) is 23.6 Å². The number of aromatic nitrogens is 2. The zero-order valence-electron chi connectivity index (χ0n) is 11.0. The van der Waals surface area contributed by atoms with E-state index in [4.69, 9.17) is 26.7 Å². The zero-order valence-corrected chi connectivity index (χ0v) is 11.7. The number of rotatable bonds is 5. The van der Waals surface area contributed by atoms with Gasteiger partial charge in [-0.15, -0.1) is 0 Å². The van der Waals surface area contributed by atoms with Gasteiger partial charge in [-0.05, 0) is 24.6 Å². The number of benzene rings is 1. The molecule has 5 nitrogen and oxygen atoms in total. The minimum absolute atomic E-state index is 0.0348. The smallest absolute Gasteiger partial charge is 0.218 e. The highest BCUT2D eigenvalue weighted by atomic mass is 35.5. The minimum atomic E-state index is 0.0348. The largest absolute Gasteiger partial charge is 0.439 e. The quantitative estimate of drug-likeness (QED) is 0.887. The van der Waals surface area contributed by atoms with Crippen LogP contribution >= 0.6 is 11.6 Å². The number of nitrogens with one attached hydrogen (secondary N) is 1. The number of aromatic amines is 1. The summed E-state index contributed by atoms with van der Waals surface area (Å²) in [5, 5.41) is 25.3. The minimum Gasteiger partial charge on any atom is -0.439 e. The van der Waals surface area contributed by atoms with Crippen molar-refractivity contribution < 1.29 is 9.84 Å². The van der Waals surface area contributed by atoms with Gasteiger partial charge in [-0.1, -0.05) is 18.5 Å². The molecular weight excluding hydrogens is 278 g/mol. The van der Waals surface area contributed by atoms with E-state index in [0.717, 1.165) is 17.7 Å². The molecule has 0 unspecified atom stereocenters. The van der Waals surface area contributed by atoms with E-state index in [9.17, 15) is 0 Å². The van der Waals surface area contributed by atoms with E-state index >= 15 is 0 Å². The Kier molecular flexibility index (Phi) is 4.61. The lowest BCUT2D eigenvalue weighted by molar-refractivity contribution is 0.298. The fourth-order valence-electron chi connectivity index (χ4n) is 1.95. The van der Waals surface area contributed by atoms with Crippen LogP contribution in [0.2, 0.25) is 5.02 Å². The van der Waals surface area contributed by atoms with E-state index in [2.05, 4.69) is 10.2 Å². The number of aliphatic hydroxyl groups is 1. The molecule has 0 bridgehead atoms. The Morgan fingerprint density at radius 1 is 1.45 bits per heavy atom. The second kappa shape index (κ2) is 6.42. The summed E-state index contributed by atoms with van der Waals surface area (Å²) in [5.74, 6) is 0.991. The second-order valence-electron chi connectivity index (χ2n) is 4.19. The van der Waals surface area contributed by atoms with Gasteiger partial charge in [-0.25, -0.2) is 5.10 Å². The first-order valence-corrected chi connectivity index (χ1v) is 6.61. The average molecular weight is 292 g/mol. The van der Waals surface area contributed by atoms with Gasteiger partial charge in [0.05, 0.1) is 17.3 Å². The normalized spacial score (nSPS) is 10.3. The monoisotopic (exact) mass is 291 g/mol. The summed E-state index contributed by atoms with van der Waals surface area (Å²) in [4.78, 5) is 0. The summed E-state index contributed by atoms with van der Waals surface area (Å²) in [6, 6.07) is 6.84. The number of halogens is 1. The molecule has 20 heavy (non-hydrogen) atoms. The maximum absolute atomic E-state index is 9.00. The van der Waals surface area contributed by atoms with Crippen molar-refractivity contribution in [2.45, 2.75) is 19.8 Å². The number of nitriles is 1. The number of hydrogen-bond donors (Lipinski definition) is 2. The molecule has 0 spiro atoms. The van der Waals surface area contributed by atoms with Crippen molar-refractivity contribution in [2.24, 2.45) is 0 Å². The van der Waals surface area contributed by atoms with Crippen molar-refractivity contribution in [3.8, 4) is 17.7 Å². The van der Waals surface area contributed by atoms with E-state index < -0.39 is 0 Å². The third-order valence-electron chi connectivity index (χ3n) is 2.84. The predicted molar refractivity (Wildman–Crippen MR) is 75.0 cm³/mol. The molecule has 0 radical (unpaired) electrons. The Bertz CT molecular complexity index is 646. The number of nitrogens with zero attached hydrogens (tertiary/aromatic N) is 2. The molecule has 2 rings (SSSR count). The summed E-state index contributed by atoms with van der Waals surface area (Å²) >= 11 is 5.93. The summed E-state index contributed by atoms with van der Waals surface area (Å²) in [6.07, 6.45) is 1.20. The highest BCUT2D eigenvalue weighted by molar-refractivity contribution is 6.30. The van der Waals surface area contributed by atoms with E-state index in [1.54, 1.807) is 18.2 Å². The standard InChI is InChI=1S/C14H14ClN3O2/c1-2-12-13(3-4-19)17-18-14(12)20-11-6-9(8-16)5-10(15)7-11/h5-7,19H,2-4H2,1H3,(H,17,18). The van der Waals surface area contributed by atoms with Crippen LogP contribution in [-0.2, 0) is 12.8 Å². The fourth-order valence-corrected chi connectivity index (χ4v) is 2.18. The lowest BCUT2D eigenvalue weighted by Crippen LogP contribution is -1.96. The molecule has 1 heterocycles. The maximum Gasteiger partial charge on any atom is 0.218 e. The van der Waals surface area contributed by atoms with Crippen molar-refractivity contribution in [3.63, 3.8) is 0 Å². The van der Waals surface area contributed by atoms with Crippen LogP contribution in [0.5, 0.6) is 11.6 Å². The van der Waals surface area contributed by atoms with Crippen LogP contribution in [0.15, 0.2) is 18.2 Å². The first-order chi connectivity index (χ1) is 9.67. The number of H-pyrrole nitrogens is 1. The van der Waals surface area contributed by atoms with Crippen molar-refractivity contribution in [1.82, 2.24) is 10.2 Å². The van der Waals surface area contributed by atoms with Crippen LogP contribution in [0.1, 0.15) is 23.7 Å². The Hall–Kier alpha value is -2.03. The lowest BCUT2D eigenvalue weighted by atomic mass is 10.1. The van der Waals surface area contributed by atoms with Crippen LogP contribution < -0.4 is 4.74 Å². The molecule has 0 amide bonds. The Morgan fingerprint density at radius 2 is 2.25 bits per heavy atom. The first-order valence-electron chi connectivity index (χ1n) is 6.23. The van der Waals surface area contributed by atoms with Crippen molar-refractivity contribution >= 4 is 11.6 Å². The molecule has 2 aromatic rings. The highest BCUT2D eigenvalue weighted by Crippen LogP contribution is 2.28. The predicted octanol–water partition coefficient (Wildman–Crippen LogP) is 2.82. The summed E-state index contributed by atoms with van der Waals surface area (Å²) < 4.78 is 5.72. The van der Waals surface area contributed by atoms with Gasteiger partial charge in [0.1, 0.15) is 5.75 Å². The van der Waals surface area contributed by atoms with Crippen molar-refractivity contribution in [2.75, 3.05) is 6.61 Å². The van der Waals surface area contributed by atoms with Gasteiger partial charge in [0.2, 0.25) is 5.88 Å². The molecule has 0 atom stereocenters. The summed E-state index contributed by atoms with van der Waals surface area (Å²) in [6.45, 7) is 2.02. The SMILES string of the molecule is CCc1c(CCO)n[nH]c1Oc1cc(Cl)cc(C#N)c1. The van der Waals surface area contributed by atoms with Crippen LogP contribution in [0, 0.1) is 11.3 Å². The summed E-state index contributed by atoms with van der Waals surface area (Å²) in [7, 11) is 0. The molecule has 0 aliphatic heterocycles. The molecule has 0 saturated carbocycles. The first kappa shape index (κ1) is 14.4. The van der Waals surface area contributed by atoms with Gasteiger partial charge in [0.15, 0.2) is 0 Å². The third kappa shape index (κ3) is 3.10. The van der Waals surface area contributed by atoms with Crippen LogP contribution in [0.25, 0.3) is 0 Å². The van der Waals surface area contributed by atoms with Crippen LogP contribution in [0.4, 0.5) is 0 Å². The van der Waals surface area contributed by atoms with Crippen LogP contribution in [0.3, 0.4) is 0 Å². The molecule has 0 aliphatic carbocycles. The molecule has 0 fully saturated rings. The van der Waals surface area contributed by atoms with E-state index in [-0.39, 0.29) is 6.61 Å². The highest BCUT2D eigenvalue weighted by Gasteiger charge is 2.13. The average Bonchev–Trinajstić information content (AvgIpc) is 2.80. The molecule has 1 aromatic heterocycles. The molecular formula is C14H14ClN3O2.